The monoisotopic (exact) mass is 312 g/mol. The maximum atomic E-state index is 8.75. The Kier molecular flexibility index (Phi) is 2.82. The van der Waals surface area contributed by atoms with Crippen LogP contribution in [0, 0.1) is 15.0 Å². The van der Waals surface area contributed by atoms with Crippen molar-refractivity contribution >= 4 is 33.5 Å². The highest BCUT2D eigenvalue weighted by Gasteiger charge is 2.09. The van der Waals surface area contributed by atoms with Crippen molar-refractivity contribution in [3.8, 4) is 11.8 Å². The van der Waals surface area contributed by atoms with Gasteiger partial charge >= 0.3 is 0 Å². The van der Waals surface area contributed by atoms with Gasteiger partial charge in [-0.25, -0.2) is 0 Å². The summed E-state index contributed by atoms with van der Waals surface area (Å²) in [5.74, 6) is 0.817. The first-order chi connectivity index (χ1) is 7.26. The number of methoxy groups -OCH3 is 1. The number of benzene rings is 1. The molecule has 0 fully saturated rings. The van der Waals surface area contributed by atoms with E-state index < -0.39 is 0 Å². The smallest absolute Gasteiger partial charge is 0.119 e. The van der Waals surface area contributed by atoms with E-state index in [1.807, 2.05) is 18.2 Å². The first kappa shape index (κ1) is 10.3. The van der Waals surface area contributed by atoms with Crippen LogP contribution in [0.2, 0.25) is 0 Å². The minimum atomic E-state index is 0.422. The Bertz CT molecular complexity index is 539. The lowest BCUT2D eigenvalue weighted by Crippen LogP contribution is -1.84. The van der Waals surface area contributed by atoms with Crippen LogP contribution in [0.3, 0.4) is 0 Å². The van der Waals surface area contributed by atoms with Crippen LogP contribution in [0.1, 0.15) is 5.56 Å². The fraction of sp³-hybridized carbons (Fsp3) is 0.182. The van der Waals surface area contributed by atoms with Gasteiger partial charge in [-0.15, -0.1) is 0 Å². The highest BCUT2D eigenvalue weighted by Crippen LogP contribution is 2.27. The quantitative estimate of drug-likeness (QED) is 0.867. The SMILES string of the molecule is COc1ccc2[nH]c(I)c(CC#N)c2c1. The molecule has 1 N–H and O–H groups in total. The first-order valence-corrected chi connectivity index (χ1v) is 5.55. The zero-order valence-electron chi connectivity index (χ0n) is 8.17. The molecule has 0 radical (unpaired) electrons. The Morgan fingerprint density at radius 2 is 2.33 bits per heavy atom. The highest BCUT2D eigenvalue weighted by molar-refractivity contribution is 14.1. The normalized spacial score (nSPS) is 10.2. The van der Waals surface area contributed by atoms with E-state index in [1.54, 1.807) is 7.11 Å². The van der Waals surface area contributed by atoms with Gasteiger partial charge in [-0.1, -0.05) is 0 Å². The molecule has 0 bridgehead atoms. The summed E-state index contributed by atoms with van der Waals surface area (Å²) in [5, 5.41) is 9.82. The summed E-state index contributed by atoms with van der Waals surface area (Å²) < 4.78 is 6.19. The number of fused-ring (bicyclic) bond motifs is 1. The Morgan fingerprint density at radius 1 is 1.53 bits per heavy atom. The number of aromatic amines is 1. The average Bonchev–Trinajstić information content (AvgIpc) is 2.55. The molecule has 0 aliphatic heterocycles. The Balaban J connectivity index is 2.67. The molecule has 0 spiro atoms. The van der Waals surface area contributed by atoms with Crippen LogP contribution in [0.5, 0.6) is 5.75 Å². The van der Waals surface area contributed by atoms with Gasteiger partial charge in [0.05, 0.1) is 23.3 Å². The molecule has 76 valence electrons. The van der Waals surface area contributed by atoms with Crippen molar-refractivity contribution in [2.45, 2.75) is 6.42 Å². The maximum Gasteiger partial charge on any atom is 0.119 e. The van der Waals surface area contributed by atoms with Gasteiger partial charge in [0, 0.05) is 16.5 Å². The molecule has 4 heteroatoms. The highest BCUT2D eigenvalue weighted by atomic mass is 127. The number of hydrogen-bond donors (Lipinski definition) is 1. The predicted molar refractivity (Wildman–Crippen MR) is 66.9 cm³/mol. The van der Waals surface area contributed by atoms with Gasteiger partial charge in [0.1, 0.15) is 5.75 Å². The summed E-state index contributed by atoms with van der Waals surface area (Å²) >= 11 is 2.21. The summed E-state index contributed by atoms with van der Waals surface area (Å²) in [7, 11) is 1.64. The molecule has 0 saturated heterocycles. The van der Waals surface area contributed by atoms with Crippen LogP contribution in [-0.4, -0.2) is 12.1 Å². The number of nitrogens with one attached hydrogen (secondary N) is 1. The lowest BCUT2D eigenvalue weighted by Gasteiger charge is -1.99. The molecule has 0 unspecified atom stereocenters. The summed E-state index contributed by atoms with van der Waals surface area (Å²) in [6, 6.07) is 8.01. The zero-order chi connectivity index (χ0) is 10.8. The molecule has 2 aromatic rings. The van der Waals surface area contributed by atoms with Crippen LogP contribution in [0.15, 0.2) is 18.2 Å². The van der Waals surface area contributed by atoms with Gasteiger partial charge in [-0.2, -0.15) is 5.26 Å². The second kappa shape index (κ2) is 4.11. The number of nitriles is 1. The molecular formula is C11H9IN2O. The number of nitrogens with zero attached hydrogens (tertiary/aromatic N) is 1. The van der Waals surface area contributed by atoms with Crippen molar-refractivity contribution in [2.75, 3.05) is 7.11 Å². The van der Waals surface area contributed by atoms with Crippen LogP contribution >= 0.6 is 22.6 Å². The summed E-state index contributed by atoms with van der Waals surface area (Å²) in [4.78, 5) is 3.24. The molecule has 0 aliphatic carbocycles. The minimum Gasteiger partial charge on any atom is -0.497 e. The molecule has 1 aromatic heterocycles. The first-order valence-electron chi connectivity index (χ1n) is 4.47. The molecule has 0 amide bonds. The topological polar surface area (TPSA) is 48.8 Å². The van der Waals surface area contributed by atoms with Crippen molar-refractivity contribution in [2.24, 2.45) is 0 Å². The van der Waals surface area contributed by atoms with E-state index in [1.165, 1.54) is 0 Å². The number of hydrogen-bond acceptors (Lipinski definition) is 2. The van der Waals surface area contributed by atoms with E-state index in [4.69, 9.17) is 10.00 Å². The van der Waals surface area contributed by atoms with Crippen LogP contribution in [0.4, 0.5) is 0 Å². The lowest BCUT2D eigenvalue weighted by atomic mass is 10.1. The Hall–Kier alpha value is -1.22. The summed E-state index contributed by atoms with van der Waals surface area (Å²) in [6.07, 6.45) is 0.422. The van der Waals surface area contributed by atoms with Gasteiger partial charge in [-0.05, 0) is 40.8 Å². The second-order valence-electron chi connectivity index (χ2n) is 3.16. The number of H-pyrrole nitrogens is 1. The Morgan fingerprint density at radius 3 is 3.00 bits per heavy atom. The predicted octanol–water partition coefficient (Wildman–Crippen LogP) is 2.85. The van der Waals surface area contributed by atoms with Crippen molar-refractivity contribution in [3.05, 3.63) is 27.5 Å². The van der Waals surface area contributed by atoms with Gasteiger partial charge in [0.15, 0.2) is 0 Å². The molecule has 15 heavy (non-hydrogen) atoms. The third-order valence-electron chi connectivity index (χ3n) is 2.32. The van der Waals surface area contributed by atoms with Crippen molar-refractivity contribution in [1.29, 1.82) is 5.26 Å². The minimum absolute atomic E-state index is 0.422. The number of aromatic nitrogens is 1. The van der Waals surface area contributed by atoms with Gasteiger partial charge in [0.25, 0.3) is 0 Å². The number of ether oxygens (including phenoxy) is 1. The molecule has 1 heterocycles. The van der Waals surface area contributed by atoms with E-state index in [9.17, 15) is 0 Å². The van der Waals surface area contributed by atoms with Crippen molar-refractivity contribution < 1.29 is 4.74 Å². The molecule has 3 nitrogen and oxygen atoms in total. The van der Waals surface area contributed by atoms with E-state index in [-0.39, 0.29) is 0 Å². The lowest BCUT2D eigenvalue weighted by molar-refractivity contribution is 0.415. The van der Waals surface area contributed by atoms with E-state index in [2.05, 4.69) is 33.6 Å². The van der Waals surface area contributed by atoms with Gasteiger partial charge < -0.3 is 9.72 Å². The van der Waals surface area contributed by atoms with Crippen LogP contribution in [-0.2, 0) is 6.42 Å². The van der Waals surface area contributed by atoms with Crippen LogP contribution < -0.4 is 4.74 Å². The fourth-order valence-electron chi connectivity index (χ4n) is 1.57. The van der Waals surface area contributed by atoms with Crippen molar-refractivity contribution in [3.63, 3.8) is 0 Å². The second-order valence-corrected chi connectivity index (χ2v) is 4.24. The molecule has 0 aliphatic rings. The van der Waals surface area contributed by atoms with E-state index >= 15 is 0 Å². The third kappa shape index (κ3) is 1.79. The third-order valence-corrected chi connectivity index (χ3v) is 3.24. The number of rotatable bonds is 2. The average molecular weight is 312 g/mol. The summed E-state index contributed by atoms with van der Waals surface area (Å²) in [5.41, 5.74) is 2.09. The number of halogens is 1. The molecule has 0 atom stereocenters. The maximum absolute atomic E-state index is 8.75. The summed E-state index contributed by atoms with van der Waals surface area (Å²) in [6.45, 7) is 0. The standard InChI is InChI=1S/C11H9IN2O/c1-15-7-2-3-10-9(6-7)8(4-5-13)11(12)14-10/h2-3,6,14H,4H2,1H3. The van der Waals surface area contributed by atoms with Crippen LogP contribution in [0.25, 0.3) is 10.9 Å². The largest absolute Gasteiger partial charge is 0.497 e. The van der Waals surface area contributed by atoms with Gasteiger partial charge in [0.2, 0.25) is 0 Å². The Labute approximate surface area is 101 Å². The molecular weight excluding hydrogens is 303 g/mol. The molecule has 0 saturated carbocycles. The molecule has 1 aromatic carbocycles. The van der Waals surface area contributed by atoms with Crippen molar-refractivity contribution in [1.82, 2.24) is 4.98 Å². The van der Waals surface area contributed by atoms with E-state index in [0.717, 1.165) is 25.9 Å². The van der Waals surface area contributed by atoms with E-state index in [0.29, 0.717) is 6.42 Å². The zero-order valence-corrected chi connectivity index (χ0v) is 10.3. The fourth-order valence-corrected chi connectivity index (χ4v) is 2.34. The van der Waals surface area contributed by atoms with Gasteiger partial charge in [-0.3, -0.25) is 0 Å². The molecule has 2 rings (SSSR count).